The molecule has 1 aromatic rings. The number of rotatable bonds is 8. The van der Waals surface area contributed by atoms with Gasteiger partial charge in [-0.05, 0) is 25.8 Å². The second-order valence-corrected chi connectivity index (χ2v) is 5.06. The molecular formula is C15H24FN3O2. The molecule has 1 rings (SSSR count). The molecule has 0 aromatic carbocycles. The fraction of sp³-hybridized carbons (Fsp3) is 0.600. The quantitative estimate of drug-likeness (QED) is 0.773. The van der Waals surface area contributed by atoms with Gasteiger partial charge in [-0.2, -0.15) is 0 Å². The van der Waals surface area contributed by atoms with Gasteiger partial charge in [-0.15, -0.1) is 0 Å². The maximum absolute atomic E-state index is 13.4. The molecule has 0 bridgehead atoms. The average molecular weight is 297 g/mol. The van der Waals surface area contributed by atoms with Crippen LogP contribution in [0.4, 0.5) is 10.2 Å². The van der Waals surface area contributed by atoms with Crippen LogP contribution in [-0.2, 0) is 4.74 Å². The van der Waals surface area contributed by atoms with Gasteiger partial charge in [0.2, 0.25) is 0 Å². The molecule has 5 nitrogen and oxygen atoms in total. The normalized spacial score (nSPS) is 12.3. The first kappa shape index (κ1) is 17.4. The molecule has 0 radical (unpaired) electrons. The van der Waals surface area contributed by atoms with Crippen LogP contribution in [0.2, 0.25) is 0 Å². The van der Waals surface area contributed by atoms with Crippen molar-refractivity contribution in [2.75, 3.05) is 25.1 Å². The monoisotopic (exact) mass is 297 g/mol. The van der Waals surface area contributed by atoms with E-state index in [4.69, 9.17) is 4.74 Å². The Morgan fingerprint density at radius 3 is 2.71 bits per heavy atom. The molecule has 1 atom stereocenters. The summed E-state index contributed by atoms with van der Waals surface area (Å²) in [5.74, 6) is -0.288. The first-order valence-corrected chi connectivity index (χ1v) is 7.27. The largest absolute Gasteiger partial charge is 0.380 e. The number of anilines is 1. The Labute approximate surface area is 125 Å². The Kier molecular flexibility index (Phi) is 7.08. The van der Waals surface area contributed by atoms with Crippen molar-refractivity contribution < 1.29 is 13.9 Å². The van der Waals surface area contributed by atoms with Gasteiger partial charge in [-0.1, -0.05) is 13.8 Å². The van der Waals surface area contributed by atoms with E-state index in [0.29, 0.717) is 25.6 Å². The molecule has 21 heavy (non-hydrogen) atoms. The number of hydrogen-bond acceptors (Lipinski definition) is 4. The molecule has 0 spiro atoms. The molecule has 0 aliphatic rings. The Bertz CT molecular complexity index is 466. The molecule has 0 saturated carbocycles. The van der Waals surface area contributed by atoms with Crippen LogP contribution < -0.4 is 10.6 Å². The Hall–Kier alpha value is -1.69. The Balaban J connectivity index is 2.88. The molecule has 1 unspecified atom stereocenters. The van der Waals surface area contributed by atoms with Gasteiger partial charge in [0.05, 0.1) is 24.4 Å². The lowest BCUT2D eigenvalue weighted by atomic mass is 10.0. The van der Waals surface area contributed by atoms with Crippen LogP contribution in [0.15, 0.2) is 12.3 Å². The summed E-state index contributed by atoms with van der Waals surface area (Å²) in [6, 6.07) is 1.06. The van der Waals surface area contributed by atoms with Crippen molar-refractivity contribution in [3.63, 3.8) is 0 Å². The van der Waals surface area contributed by atoms with E-state index in [-0.39, 0.29) is 23.4 Å². The second-order valence-electron chi connectivity index (χ2n) is 5.06. The zero-order valence-corrected chi connectivity index (χ0v) is 13.1. The predicted molar refractivity (Wildman–Crippen MR) is 80.9 cm³/mol. The van der Waals surface area contributed by atoms with Crippen LogP contribution in [0.25, 0.3) is 0 Å². The van der Waals surface area contributed by atoms with Crippen molar-refractivity contribution in [1.29, 1.82) is 0 Å². The summed E-state index contributed by atoms with van der Waals surface area (Å²) < 4.78 is 18.7. The zero-order valence-electron chi connectivity index (χ0n) is 13.1. The summed E-state index contributed by atoms with van der Waals surface area (Å²) in [6.45, 7) is 9.41. The maximum Gasteiger partial charge on any atom is 0.255 e. The molecule has 1 amide bonds. The lowest BCUT2D eigenvalue weighted by molar-refractivity contribution is 0.0806. The summed E-state index contributed by atoms with van der Waals surface area (Å²) in [5.41, 5.74) is 0.207. The van der Waals surface area contributed by atoms with E-state index in [1.54, 1.807) is 0 Å². The van der Waals surface area contributed by atoms with E-state index >= 15 is 0 Å². The second kappa shape index (κ2) is 8.56. The number of ether oxygens (including phenoxy) is 1. The van der Waals surface area contributed by atoms with Gasteiger partial charge in [-0.3, -0.25) is 4.79 Å². The Morgan fingerprint density at radius 1 is 1.43 bits per heavy atom. The van der Waals surface area contributed by atoms with Crippen molar-refractivity contribution >= 4 is 11.7 Å². The number of pyridine rings is 1. The van der Waals surface area contributed by atoms with Gasteiger partial charge in [0, 0.05) is 13.2 Å². The molecule has 0 aliphatic heterocycles. The van der Waals surface area contributed by atoms with E-state index in [2.05, 4.69) is 15.6 Å². The van der Waals surface area contributed by atoms with E-state index in [1.165, 1.54) is 6.07 Å². The topological polar surface area (TPSA) is 63.2 Å². The zero-order chi connectivity index (χ0) is 15.8. The molecule has 0 aliphatic carbocycles. The first-order valence-electron chi connectivity index (χ1n) is 7.27. The molecular weight excluding hydrogens is 273 g/mol. The van der Waals surface area contributed by atoms with Crippen LogP contribution >= 0.6 is 0 Å². The smallest absolute Gasteiger partial charge is 0.255 e. The van der Waals surface area contributed by atoms with Crippen molar-refractivity contribution in [2.45, 2.75) is 33.7 Å². The molecule has 2 N–H and O–H groups in total. The summed E-state index contributed by atoms with van der Waals surface area (Å²) in [6.07, 6.45) is 1.09. The lowest BCUT2D eigenvalue weighted by Crippen LogP contribution is -2.42. The predicted octanol–water partition coefficient (Wildman–Crippen LogP) is 2.44. The van der Waals surface area contributed by atoms with Gasteiger partial charge < -0.3 is 15.4 Å². The standard InChI is InChI=1S/C15H24FN3O2/c1-5-17-14-12(7-11(16)8-18-14)15(20)19-13(10(3)4)9-21-6-2/h7-8,10,13H,5-6,9H2,1-4H3,(H,17,18)(H,19,20). The first-order chi connectivity index (χ1) is 9.99. The highest BCUT2D eigenvalue weighted by Gasteiger charge is 2.20. The molecule has 1 aromatic heterocycles. The molecule has 0 saturated heterocycles. The minimum atomic E-state index is -0.535. The number of aromatic nitrogens is 1. The SMILES string of the molecule is CCNc1ncc(F)cc1C(=O)NC(COCC)C(C)C. The molecule has 1 heterocycles. The van der Waals surface area contributed by atoms with Crippen LogP contribution in [0.3, 0.4) is 0 Å². The summed E-state index contributed by atoms with van der Waals surface area (Å²) in [7, 11) is 0. The van der Waals surface area contributed by atoms with Crippen LogP contribution in [0.1, 0.15) is 38.1 Å². The highest BCUT2D eigenvalue weighted by Crippen LogP contribution is 2.14. The number of hydrogen-bond donors (Lipinski definition) is 2. The minimum absolute atomic E-state index is 0.129. The maximum atomic E-state index is 13.4. The van der Waals surface area contributed by atoms with Crippen LogP contribution in [-0.4, -0.2) is 36.7 Å². The third kappa shape index (κ3) is 5.30. The number of halogens is 1. The number of nitrogens with one attached hydrogen (secondary N) is 2. The van der Waals surface area contributed by atoms with Crippen molar-refractivity contribution in [3.05, 3.63) is 23.6 Å². The third-order valence-corrected chi connectivity index (χ3v) is 3.07. The third-order valence-electron chi connectivity index (χ3n) is 3.07. The molecule has 6 heteroatoms. The van der Waals surface area contributed by atoms with Crippen molar-refractivity contribution in [2.24, 2.45) is 5.92 Å². The number of nitrogens with zero attached hydrogens (tertiary/aromatic N) is 1. The van der Waals surface area contributed by atoms with E-state index < -0.39 is 5.82 Å². The number of carbonyl (C=O) groups excluding carboxylic acids is 1. The Morgan fingerprint density at radius 2 is 2.14 bits per heavy atom. The van der Waals surface area contributed by atoms with E-state index in [0.717, 1.165) is 6.20 Å². The van der Waals surface area contributed by atoms with Gasteiger partial charge >= 0.3 is 0 Å². The number of carbonyl (C=O) groups is 1. The molecule has 0 fully saturated rings. The van der Waals surface area contributed by atoms with Gasteiger partial charge in [-0.25, -0.2) is 9.37 Å². The van der Waals surface area contributed by atoms with Gasteiger partial charge in [0.25, 0.3) is 5.91 Å². The van der Waals surface area contributed by atoms with Gasteiger partial charge in [0.15, 0.2) is 0 Å². The highest BCUT2D eigenvalue weighted by molar-refractivity contribution is 5.98. The number of amides is 1. The average Bonchev–Trinajstić information content (AvgIpc) is 2.45. The van der Waals surface area contributed by atoms with E-state index in [9.17, 15) is 9.18 Å². The van der Waals surface area contributed by atoms with Crippen LogP contribution in [0.5, 0.6) is 0 Å². The fourth-order valence-electron chi connectivity index (χ4n) is 1.81. The van der Waals surface area contributed by atoms with Crippen molar-refractivity contribution in [3.8, 4) is 0 Å². The van der Waals surface area contributed by atoms with Gasteiger partial charge in [0.1, 0.15) is 11.6 Å². The summed E-state index contributed by atoms with van der Waals surface area (Å²) in [5, 5.41) is 5.84. The highest BCUT2D eigenvalue weighted by atomic mass is 19.1. The van der Waals surface area contributed by atoms with Crippen LogP contribution in [0, 0.1) is 11.7 Å². The minimum Gasteiger partial charge on any atom is -0.380 e. The summed E-state index contributed by atoms with van der Waals surface area (Å²) >= 11 is 0. The fourth-order valence-corrected chi connectivity index (χ4v) is 1.81. The van der Waals surface area contributed by atoms with Crippen molar-refractivity contribution in [1.82, 2.24) is 10.3 Å². The lowest BCUT2D eigenvalue weighted by Gasteiger charge is -2.22. The summed E-state index contributed by atoms with van der Waals surface area (Å²) in [4.78, 5) is 16.3. The van der Waals surface area contributed by atoms with E-state index in [1.807, 2.05) is 27.7 Å². The molecule has 118 valence electrons.